The fraction of sp³-hybridized carbons (Fsp3) is 0.300. The summed E-state index contributed by atoms with van der Waals surface area (Å²) in [5.41, 5.74) is 1.29. The number of esters is 1. The van der Waals surface area contributed by atoms with Gasteiger partial charge in [-0.2, -0.15) is 0 Å². The van der Waals surface area contributed by atoms with Crippen LogP contribution >= 0.6 is 11.6 Å². The van der Waals surface area contributed by atoms with Gasteiger partial charge in [-0.25, -0.2) is 4.79 Å². The van der Waals surface area contributed by atoms with Crippen LogP contribution < -0.4 is 0 Å². The van der Waals surface area contributed by atoms with Crippen molar-refractivity contribution in [3.8, 4) is 0 Å². The lowest BCUT2D eigenvalue weighted by Gasteiger charge is -2.04. The average molecular weight is 215 g/mol. The maximum Gasteiger partial charge on any atom is 0.339 e. The van der Waals surface area contributed by atoms with Gasteiger partial charge in [-0.1, -0.05) is 17.7 Å². The number of hydrogen-bond acceptors (Lipinski definition) is 3. The van der Waals surface area contributed by atoms with Crippen molar-refractivity contribution in [1.29, 1.82) is 0 Å². The van der Waals surface area contributed by atoms with E-state index in [0.29, 0.717) is 17.2 Å². The molecule has 1 rings (SSSR count). The number of halogens is 1. The lowest BCUT2D eigenvalue weighted by Crippen LogP contribution is -2.02. The van der Waals surface area contributed by atoms with Crippen LogP contribution in [0.2, 0.25) is 5.02 Å². The summed E-state index contributed by atoms with van der Waals surface area (Å²) < 4.78 is 9.50. The van der Waals surface area contributed by atoms with E-state index in [1.165, 1.54) is 7.11 Å². The minimum atomic E-state index is -0.432. The standard InChI is InChI=1S/C10H11ClO3/c1-13-6-7-3-4-8(9(11)5-7)10(12)14-2/h3-5H,6H2,1-2H3. The predicted molar refractivity (Wildman–Crippen MR) is 53.5 cm³/mol. The molecule has 14 heavy (non-hydrogen) atoms. The Balaban J connectivity index is 2.95. The lowest BCUT2D eigenvalue weighted by molar-refractivity contribution is 0.0601. The van der Waals surface area contributed by atoms with Crippen LogP contribution in [0.15, 0.2) is 18.2 Å². The molecule has 0 N–H and O–H groups in total. The first-order valence-electron chi connectivity index (χ1n) is 4.04. The van der Waals surface area contributed by atoms with Gasteiger partial charge in [-0.15, -0.1) is 0 Å². The fourth-order valence-electron chi connectivity index (χ4n) is 1.09. The number of benzene rings is 1. The molecule has 0 saturated heterocycles. The smallest absolute Gasteiger partial charge is 0.339 e. The Labute approximate surface area is 87.6 Å². The SMILES string of the molecule is COCc1ccc(C(=O)OC)c(Cl)c1. The highest BCUT2D eigenvalue weighted by Gasteiger charge is 2.10. The Morgan fingerprint density at radius 2 is 2.14 bits per heavy atom. The molecule has 0 fully saturated rings. The van der Waals surface area contributed by atoms with Crippen LogP contribution in [0.3, 0.4) is 0 Å². The van der Waals surface area contributed by atoms with Gasteiger partial charge in [0, 0.05) is 7.11 Å². The third kappa shape index (κ3) is 2.47. The van der Waals surface area contributed by atoms with E-state index >= 15 is 0 Å². The van der Waals surface area contributed by atoms with Crippen molar-refractivity contribution < 1.29 is 14.3 Å². The summed E-state index contributed by atoms with van der Waals surface area (Å²) in [7, 11) is 2.92. The second-order valence-corrected chi connectivity index (χ2v) is 3.15. The molecule has 4 heteroatoms. The molecule has 0 aliphatic heterocycles. The molecule has 0 bridgehead atoms. The number of ether oxygens (including phenoxy) is 2. The van der Waals surface area contributed by atoms with Crippen molar-refractivity contribution in [3.63, 3.8) is 0 Å². The Hall–Kier alpha value is -1.06. The zero-order valence-electron chi connectivity index (χ0n) is 8.04. The highest BCUT2D eigenvalue weighted by Crippen LogP contribution is 2.19. The monoisotopic (exact) mass is 214 g/mol. The summed E-state index contributed by atoms with van der Waals surface area (Å²) in [6.45, 7) is 0.473. The van der Waals surface area contributed by atoms with E-state index in [1.807, 2.05) is 0 Å². The second-order valence-electron chi connectivity index (χ2n) is 2.74. The fourth-order valence-corrected chi connectivity index (χ4v) is 1.37. The van der Waals surface area contributed by atoms with Gasteiger partial charge in [-0.3, -0.25) is 0 Å². The molecule has 0 heterocycles. The summed E-state index contributed by atoms with van der Waals surface area (Å²) in [4.78, 5) is 11.2. The Morgan fingerprint density at radius 3 is 2.64 bits per heavy atom. The summed E-state index contributed by atoms with van der Waals surface area (Å²) in [6.07, 6.45) is 0. The maximum atomic E-state index is 11.2. The van der Waals surface area contributed by atoms with Crippen molar-refractivity contribution in [1.82, 2.24) is 0 Å². The average Bonchev–Trinajstić information content (AvgIpc) is 2.17. The van der Waals surface area contributed by atoms with Gasteiger partial charge < -0.3 is 9.47 Å². The summed E-state index contributed by atoms with van der Waals surface area (Å²) in [5, 5.41) is 0.381. The number of methoxy groups -OCH3 is 2. The molecular formula is C10H11ClO3. The molecule has 0 amide bonds. The van der Waals surface area contributed by atoms with Crippen LogP contribution in [0.25, 0.3) is 0 Å². The van der Waals surface area contributed by atoms with E-state index in [9.17, 15) is 4.79 Å². The topological polar surface area (TPSA) is 35.5 Å². The molecule has 0 saturated carbocycles. The third-order valence-electron chi connectivity index (χ3n) is 1.75. The first-order chi connectivity index (χ1) is 6.69. The van der Waals surface area contributed by atoms with Crippen LogP contribution in [0.4, 0.5) is 0 Å². The van der Waals surface area contributed by atoms with Gasteiger partial charge in [0.15, 0.2) is 0 Å². The van der Waals surface area contributed by atoms with Crippen LogP contribution in [0, 0.1) is 0 Å². The first kappa shape index (κ1) is 11.0. The minimum absolute atomic E-state index is 0.369. The summed E-state index contributed by atoms with van der Waals surface area (Å²) >= 11 is 5.88. The Kier molecular flexibility index (Phi) is 3.92. The van der Waals surface area contributed by atoms with Crippen molar-refractivity contribution in [3.05, 3.63) is 34.3 Å². The largest absolute Gasteiger partial charge is 0.465 e. The van der Waals surface area contributed by atoms with E-state index in [0.717, 1.165) is 5.56 Å². The minimum Gasteiger partial charge on any atom is -0.465 e. The number of hydrogen-bond donors (Lipinski definition) is 0. The van der Waals surface area contributed by atoms with Crippen molar-refractivity contribution >= 4 is 17.6 Å². The zero-order chi connectivity index (χ0) is 10.6. The van der Waals surface area contributed by atoms with Crippen molar-refractivity contribution in [2.45, 2.75) is 6.61 Å². The van der Waals surface area contributed by atoms with Gasteiger partial charge in [0.25, 0.3) is 0 Å². The van der Waals surface area contributed by atoms with E-state index in [-0.39, 0.29) is 0 Å². The van der Waals surface area contributed by atoms with E-state index < -0.39 is 5.97 Å². The molecule has 0 radical (unpaired) electrons. The zero-order valence-corrected chi connectivity index (χ0v) is 8.80. The predicted octanol–water partition coefficient (Wildman–Crippen LogP) is 2.27. The first-order valence-corrected chi connectivity index (χ1v) is 4.42. The van der Waals surface area contributed by atoms with Gasteiger partial charge in [0.05, 0.1) is 24.3 Å². The molecule has 3 nitrogen and oxygen atoms in total. The van der Waals surface area contributed by atoms with Crippen LogP contribution in [-0.2, 0) is 16.1 Å². The molecule has 1 aromatic rings. The number of rotatable bonds is 3. The molecule has 0 aliphatic carbocycles. The van der Waals surface area contributed by atoms with E-state index in [4.69, 9.17) is 16.3 Å². The molecule has 0 spiro atoms. The molecule has 1 aromatic carbocycles. The molecule has 0 atom stereocenters. The third-order valence-corrected chi connectivity index (χ3v) is 2.06. The van der Waals surface area contributed by atoms with Crippen molar-refractivity contribution in [2.24, 2.45) is 0 Å². The second kappa shape index (κ2) is 4.98. The summed E-state index contributed by atoms with van der Waals surface area (Å²) in [6, 6.07) is 5.10. The summed E-state index contributed by atoms with van der Waals surface area (Å²) in [5.74, 6) is -0.432. The molecule has 0 unspecified atom stereocenters. The van der Waals surface area contributed by atoms with Crippen molar-refractivity contribution in [2.75, 3.05) is 14.2 Å². The number of carbonyl (C=O) groups excluding carboxylic acids is 1. The highest BCUT2D eigenvalue weighted by atomic mass is 35.5. The molecule has 0 aliphatic rings. The maximum absolute atomic E-state index is 11.2. The van der Waals surface area contributed by atoms with Gasteiger partial charge >= 0.3 is 5.97 Å². The van der Waals surface area contributed by atoms with E-state index in [2.05, 4.69) is 4.74 Å². The highest BCUT2D eigenvalue weighted by molar-refractivity contribution is 6.33. The number of carbonyl (C=O) groups is 1. The Morgan fingerprint density at radius 1 is 1.43 bits per heavy atom. The molecule has 0 aromatic heterocycles. The Bertz CT molecular complexity index is 336. The molecular weight excluding hydrogens is 204 g/mol. The quantitative estimate of drug-likeness (QED) is 0.725. The van der Waals surface area contributed by atoms with E-state index in [1.54, 1.807) is 25.3 Å². The van der Waals surface area contributed by atoms with Crippen LogP contribution in [0.5, 0.6) is 0 Å². The van der Waals surface area contributed by atoms with Crippen LogP contribution in [-0.4, -0.2) is 20.2 Å². The normalized spacial score (nSPS) is 9.93. The van der Waals surface area contributed by atoms with Gasteiger partial charge in [-0.05, 0) is 17.7 Å². The molecule has 76 valence electrons. The van der Waals surface area contributed by atoms with Gasteiger partial charge in [0.1, 0.15) is 0 Å². The van der Waals surface area contributed by atoms with Gasteiger partial charge in [0.2, 0.25) is 0 Å². The van der Waals surface area contributed by atoms with Crippen LogP contribution in [0.1, 0.15) is 15.9 Å². The lowest BCUT2D eigenvalue weighted by atomic mass is 10.1.